The summed E-state index contributed by atoms with van der Waals surface area (Å²) in [7, 11) is 0. The van der Waals surface area contributed by atoms with Crippen molar-refractivity contribution in [3.8, 4) is 6.07 Å². The molecule has 94 valence electrons. The molecule has 0 unspecified atom stereocenters. The van der Waals surface area contributed by atoms with Crippen LogP contribution in [0.25, 0.3) is 6.08 Å². The number of thiophene rings is 1. The van der Waals surface area contributed by atoms with Crippen molar-refractivity contribution in [2.45, 2.75) is 26.2 Å². The maximum absolute atomic E-state index is 12.2. The van der Waals surface area contributed by atoms with Crippen LogP contribution in [0.2, 0.25) is 0 Å². The zero-order valence-corrected chi connectivity index (χ0v) is 11.3. The van der Waals surface area contributed by atoms with Crippen LogP contribution in [0.15, 0.2) is 17.0 Å². The Labute approximate surface area is 111 Å². The van der Waals surface area contributed by atoms with Gasteiger partial charge in [0.15, 0.2) is 0 Å². The smallest absolute Gasteiger partial charge is 0.264 e. The van der Waals surface area contributed by atoms with Gasteiger partial charge in [0.1, 0.15) is 11.6 Å². The van der Waals surface area contributed by atoms with Gasteiger partial charge in [-0.05, 0) is 49.3 Å². The minimum absolute atomic E-state index is 0.120. The lowest BCUT2D eigenvalue weighted by Gasteiger charge is -2.26. The molecular weight excluding hydrogens is 244 g/mol. The zero-order chi connectivity index (χ0) is 13.0. The molecular formula is C14H16N2OS. The summed E-state index contributed by atoms with van der Waals surface area (Å²) in [5.41, 5.74) is 1.36. The summed E-state index contributed by atoms with van der Waals surface area (Å²) in [6.07, 6.45) is 4.99. The Morgan fingerprint density at radius 2 is 2.17 bits per heavy atom. The summed E-state index contributed by atoms with van der Waals surface area (Å²) in [6, 6.07) is 4.04. The molecule has 4 heteroatoms. The molecule has 1 aromatic rings. The molecule has 1 aromatic heterocycles. The normalized spacial score (nSPS) is 16.4. The Morgan fingerprint density at radius 1 is 1.44 bits per heavy atom. The summed E-state index contributed by atoms with van der Waals surface area (Å²) in [5.74, 6) is -0.120. The molecule has 1 amide bonds. The number of hydrogen-bond donors (Lipinski definition) is 0. The number of amides is 1. The molecule has 0 bridgehead atoms. The minimum atomic E-state index is -0.120. The maximum atomic E-state index is 12.2. The van der Waals surface area contributed by atoms with Gasteiger partial charge in [0, 0.05) is 18.0 Å². The summed E-state index contributed by atoms with van der Waals surface area (Å²) in [4.78, 5) is 15.0. The summed E-state index contributed by atoms with van der Waals surface area (Å²) >= 11 is 1.56. The SMILES string of the molecule is Cc1ccsc1/C=C(\C#N)C(=O)N1CCCCC1. The van der Waals surface area contributed by atoms with E-state index in [0.717, 1.165) is 36.4 Å². The highest BCUT2D eigenvalue weighted by molar-refractivity contribution is 7.11. The predicted molar refractivity (Wildman–Crippen MR) is 73.1 cm³/mol. The first-order chi connectivity index (χ1) is 8.72. The topological polar surface area (TPSA) is 44.1 Å². The largest absolute Gasteiger partial charge is 0.338 e. The fraction of sp³-hybridized carbons (Fsp3) is 0.429. The van der Waals surface area contributed by atoms with Crippen LogP contribution in [-0.4, -0.2) is 23.9 Å². The number of rotatable bonds is 2. The van der Waals surface area contributed by atoms with Gasteiger partial charge in [-0.1, -0.05) is 0 Å². The fourth-order valence-corrected chi connectivity index (χ4v) is 2.93. The van der Waals surface area contributed by atoms with E-state index in [1.807, 2.05) is 24.4 Å². The average Bonchev–Trinajstić information content (AvgIpc) is 2.81. The average molecular weight is 260 g/mol. The Balaban J connectivity index is 2.18. The van der Waals surface area contributed by atoms with Crippen molar-refractivity contribution >= 4 is 23.3 Å². The first-order valence-electron chi connectivity index (χ1n) is 6.17. The fourth-order valence-electron chi connectivity index (χ4n) is 2.07. The number of likely N-dealkylation sites (tertiary alicyclic amines) is 1. The van der Waals surface area contributed by atoms with E-state index in [1.54, 1.807) is 22.3 Å². The number of carbonyl (C=O) groups excluding carboxylic acids is 1. The molecule has 0 saturated carbocycles. The summed E-state index contributed by atoms with van der Waals surface area (Å²) < 4.78 is 0. The van der Waals surface area contributed by atoms with Crippen LogP contribution in [-0.2, 0) is 4.79 Å². The second-order valence-electron chi connectivity index (χ2n) is 4.49. The van der Waals surface area contributed by atoms with Gasteiger partial charge in [-0.25, -0.2) is 0 Å². The second kappa shape index (κ2) is 5.83. The Bertz CT molecular complexity index is 504. The number of aryl methyl sites for hydroxylation is 1. The lowest BCUT2D eigenvalue weighted by molar-refractivity contribution is -0.127. The molecule has 3 nitrogen and oxygen atoms in total. The highest BCUT2D eigenvalue weighted by Crippen LogP contribution is 2.20. The van der Waals surface area contributed by atoms with Gasteiger partial charge in [0.2, 0.25) is 0 Å². The molecule has 0 aromatic carbocycles. The van der Waals surface area contributed by atoms with E-state index in [9.17, 15) is 4.79 Å². The molecule has 0 spiro atoms. The minimum Gasteiger partial charge on any atom is -0.338 e. The van der Waals surface area contributed by atoms with Gasteiger partial charge in [-0.2, -0.15) is 5.26 Å². The molecule has 0 aliphatic carbocycles. The molecule has 0 N–H and O–H groups in total. The number of nitrogens with zero attached hydrogens (tertiary/aromatic N) is 2. The first kappa shape index (κ1) is 12.8. The molecule has 0 atom stereocenters. The number of hydrogen-bond acceptors (Lipinski definition) is 3. The van der Waals surface area contributed by atoms with E-state index in [0.29, 0.717) is 0 Å². The van der Waals surface area contributed by atoms with Crippen LogP contribution in [0.1, 0.15) is 29.7 Å². The third kappa shape index (κ3) is 2.80. The van der Waals surface area contributed by atoms with Crippen molar-refractivity contribution in [1.29, 1.82) is 5.26 Å². The predicted octanol–water partition coefficient (Wildman–Crippen LogP) is 2.98. The van der Waals surface area contributed by atoms with Crippen molar-refractivity contribution in [2.24, 2.45) is 0 Å². The third-order valence-electron chi connectivity index (χ3n) is 3.17. The summed E-state index contributed by atoms with van der Waals surface area (Å²) in [6.45, 7) is 3.55. The van der Waals surface area contributed by atoms with Gasteiger partial charge in [-0.15, -0.1) is 11.3 Å². The lowest BCUT2D eigenvalue weighted by Crippen LogP contribution is -2.36. The Kier molecular flexibility index (Phi) is 4.16. The van der Waals surface area contributed by atoms with E-state index in [-0.39, 0.29) is 11.5 Å². The Morgan fingerprint density at radius 3 is 2.72 bits per heavy atom. The monoisotopic (exact) mass is 260 g/mol. The van der Waals surface area contributed by atoms with Crippen LogP contribution < -0.4 is 0 Å². The van der Waals surface area contributed by atoms with E-state index in [1.165, 1.54) is 6.42 Å². The van der Waals surface area contributed by atoms with Crippen LogP contribution >= 0.6 is 11.3 Å². The van der Waals surface area contributed by atoms with Crippen LogP contribution in [0, 0.1) is 18.3 Å². The van der Waals surface area contributed by atoms with E-state index < -0.39 is 0 Å². The van der Waals surface area contributed by atoms with Gasteiger partial charge in [-0.3, -0.25) is 4.79 Å². The highest BCUT2D eigenvalue weighted by Gasteiger charge is 2.20. The number of piperidine rings is 1. The van der Waals surface area contributed by atoms with Crippen molar-refractivity contribution in [3.63, 3.8) is 0 Å². The molecule has 2 heterocycles. The number of nitriles is 1. The second-order valence-corrected chi connectivity index (χ2v) is 5.44. The van der Waals surface area contributed by atoms with E-state index in [4.69, 9.17) is 5.26 Å². The van der Waals surface area contributed by atoms with Gasteiger partial charge < -0.3 is 4.90 Å². The third-order valence-corrected chi connectivity index (χ3v) is 4.14. The quantitative estimate of drug-likeness (QED) is 0.606. The first-order valence-corrected chi connectivity index (χ1v) is 7.05. The number of carbonyl (C=O) groups is 1. The van der Waals surface area contributed by atoms with E-state index >= 15 is 0 Å². The molecule has 1 saturated heterocycles. The molecule has 1 fully saturated rings. The molecule has 2 rings (SSSR count). The maximum Gasteiger partial charge on any atom is 0.264 e. The van der Waals surface area contributed by atoms with Crippen LogP contribution in [0.4, 0.5) is 0 Å². The van der Waals surface area contributed by atoms with Crippen molar-refractivity contribution in [1.82, 2.24) is 4.90 Å². The standard InChI is InChI=1S/C14H16N2OS/c1-11-5-8-18-13(11)9-12(10-15)14(17)16-6-3-2-4-7-16/h5,8-9H,2-4,6-7H2,1H3/b12-9+. The lowest BCUT2D eigenvalue weighted by atomic mass is 10.1. The van der Waals surface area contributed by atoms with Gasteiger partial charge >= 0.3 is 0 Å². The highest BCUT2D eigenvalue weighted by atomic mass is 32.1. The van der Waals surface area contributed by atoms with Gasteiger partial charge in [0.25, 0.3) is 5.91 Å². The van der Waals surface area contributed by atoms with E-state index in [2.05, 4.69) is 0 Å². The molecule has 1 aliphatic rings. The van der Waals surface area contributed by atoms with Crippen molar-refractivity contribution < 1.29 is 4.79 Å². The summed E-state index contributed by atoms with van der Waals surface area (Å²) in [5, 5.41) is 11.1. The molecule has 1 aliphatic heterocycles. The van der Waals surface area contributed by atoms with Crippen LogP contribution in [0.5, 0.6) is 0 Å². The molecule has 18 heavy (non-hydrogen) atoms. The molecule has 0 radical (unpaired) electrons. The van der Waals surface area contributed by atoms with Gasteiger partial charge in [0.05, 0.1) is 0 Å². The van der Waals surface area contributed by atoms with Crippen molar-refractivity contribution in [2.75, 3.05) is 13.1 Å². The van der Waals surface area contributed by atoms with Crippen molar-refractivity contribution in [3.05, 3.63) is 27.5 Å². The van der Waals surface area contributed by atoms with Crippen LogP contribution in [0.3, 0.4) is 0 Å². The Hall–Kier alpha value is -1.60. The zero-order valence-electron chi connectivity index (χ0n) is 10.5.